The lowest BCUT2D eigenvalue weighted by Crippen LogP contribution is -2.29. The minimum atomic E-state index is -0.725. The highest BCUT2D eigenvalue weighted by Gasteiger charge is 2.28. The fourth-order valence-electron chi connectivity index (χ4n) is 3.87. The van der Waals surface area contributed by atoms with E-state index >= 15 is 0 Å². The van der Waals surface area contributed by atoms with Crippen molar-refractivity contribution in [3.63, 3.8) is 0 Å². The lowest BCUT2D eigenvalue weighted by Gasteiger charge is -2.24. The predicted octanol–water partition coefficient (Wildman–Crippen LogP) is 4.27. The Balaban J connectivity index is 1.68. The van der Waals surface area contributed by atoms with Crippen molar-refractivity contribution in [2.45, 2.75) is 25.7 Å². The first-order valence-electron chi connectivity index (χ1n) is 10.3. The molecule has 2 heterocycles. The number of carbonyl (C=O) groups is 1. The number of hydrogen-bond acceptors (Lipinski definition) is 4. The summed E-state index contributed by atoms with van der Waals surface area (Å²) in [6.45, 7) is 4.05. The molecule has 0 unspecified atom stereocenters. The van der Waals surface area contributed by atoms with Gasteiger partial charge in [-0.1, -0.05) is 0 Å². The summed E-state index contributed by atoms with van der Waals surface area (Å²) in [5.41, 5.74) is 1.75. The largest absolute Gasteiger partial charge is 0.494 e. The van der Waals surface area contributed by atoms with Crippen LogP contribution in [0.3, 0.4) is 0 Å². The van der Waals surface area contributed by atoms with Gasteiger partial charge in [-0.2, -0.15) is 5.10 Å². The van der Waals surface area contributed by atoms with Crippen molar-refractivity contribution in [1.82, 2.24) is 15.1 Å². The molecule has 1 aliphatic heterocycles. The standard InChI is InChI=1S/C23H24F2N4O2/c1-2-31-18-6-4-17(5-7-18)28-23(30)19-14-27-29(21-8-3-16(24)13-20(21)25)22(19)15-9-11-26-12-10-15/h3-8,13-15,26H,2,9-12H2,1H3,(H,28,30). The van der Waals surface area contributed by atoms with Crippen molar-refractivity contribution in [2.75, 3.05) is 25.0 Å². The Hall–Kier alpha value is -3.26. The van der Waals surface area contributed by atoms with Crippen LogP contribution in [0.15, 0.2) is 48.7 Å². The van der Waals surface area contributed by atoms with E-state index in [9.17, 15) is 13.6 Å². The molecular formula is C23H24F2N4O2. The van der Waals surface area contributed by atoms with Crippen LogP contribution in [0.2, 0.25) is 0 Å². The summed E-state index contributed by atoms with van der Waals surface area (Å²) < 4.78 is 34.8. The van der Waals surface area contributed by atoms with E-state index in [1.165, 1.54) is 23.0 Å². The molecule has 0 spiro atoms. The maximum absolute atomic E-state index is 14.5. The van der Waals surface area contributed by atoms with E-state index in [0.717, 1.165) is 37.7 Å². The van der Waals surface area contributed by atoms with Crippen LogP contribution in [-0.2, 0) is 0 Å². The molecule has 1 amide bonds. The Morgan fingerprint density at radius 1 is 1.19 bits per heavy atom. The molecule has 1 aromatic heterocycles. The third kappa shape index (κ3) is 4.59. The molecule has 4 rings (SSSR count). The Kier molecular flexibility index (Phi) is 6.27. The summed E-state index contributed by atoms with van der Waals surface area (Å²) in [5, 5.41) is 10.5. The van der Waals surface area contributed by atoms with Crippen LogP contribution in [-0.4, -0.2) is 35.4 Å². The third-order valence-electron chi connectivity index (χ3n) is 5.34. The van der Waals surface area contributed by atoms with E-state index < -0.39 is 11.6 Å². The van der Waals surface area contributed by atoms with Gasteiger partial charge in [-0.15, -0.1) is 0 Å². The number of amides is 1. The molecular weight excluding hydrogens is 402 g/mol. The molecule has 3 aromatic rings. The van der Waals surface area contributed by atoms with Gasteiger partial charge >= 0.3 is 0 Å². The lowest BCUT2D eigenvalue weighted by atomic mass is 9.91. The second-order valence-electron chi connectivity index (χ2n) is 7.39. The fraction of sp³-hybridized carbons (Fsp3) is 0.304. The number of benzene rings is 2. The molecule has 0 atom stereocenters. The van der Waals surface area contributed by atoms with Crippen LogP contribution in [0.1, 0.15) is 41.7 Å². The smallest absolute Gasteiger partial charge is 0.259 e. The van der Waals surface area contributed by atoms with E-state index in [1.54, 1.807) is 24.3 Å². The molecule has 0 saturated carbocycles. The van der Waals surface area contributed by atoms with Gasteiger partial charge in [0.25, 0.3) is 5.91 Å². The summed E-state index contributed by atoms with van der Waals surface area (Å²) in [7, 11) is 0. The third-order valence-corrected chi connectivity index (χ3v) is 5.34. The zero-order valence-electron chi connectivity index (χ0n) is 17.2. The van der Waals surface area contributed by atoms with E-state index in [4.69, 9.17) is 4.74 Å². The maximum atomic E-state index is 14.5. The Bertz CT molecular complexity index is 1060. The quantitative estimate of drug-likeness (QED) is 0.618. The molecule has 6 nitrogen and oxygen atoms in total. The van der Waals surface area contributed by atoms with Gasteiger partial charge in [0.05, 0.1) is 24.1 Å². The van der Waals surface area contributed by atoms with Gasteiger partial charge in [0, 0.05) is 17.7 Å². The summed E-state index contributed by atoms with van der Waals surface area (Å²) in [5.74, 6) is -0.974. The zero-order chi connectivity index (χ0) is 21.8. The van der Waals surface area contributed by atoms with Crippen molar-refractivity contribution in [1.29, 1.82) is 0 Å². The first kappa shape index (κ1) is 21.0. The lowest BCUT2D eigenvalue weighted by molar-refractivity contribution is 0.102. The minimum absolute atomic E-state index is 0.0225. The summed E-state index contributed by atoms with van der Waals surface area (Å²) >= 11 is 0. The fourth-order valence-corrected chi connectivity index (χ4v) is 3.87. The van der Waals surface area contributed by atoms with Crippen molar-refractivity contribution >= 4 is 11.6 Å². The van der Waals surface area contributed by atoms with Gasteiger partial charge in [-0.05, 0) is 69.3 Å². The number of halogens is 2. The molecule has 162 valence electrons. The van der Waals surface area contributed by atoms with Gasteiger partial charge in [-0.3, -0.25) is 4.79 Å². The van der Waals surface area contributed by atoms with Gasteiger partial charge < -0.3 is 15.4 Å². The molecule has 2 aromatic carbocycles. The second kappa shape index (κ2) is 9.26. The van der Waals surface area contributed by atoms with Gasteiger partial charge in [0.2, 0.25) is 0 Å². The summed E-state index contributed by atoms with van der Waals surface area (Å²) in [6.07, 6.45) is 3.03. The highest BCUT2D eigenvalue weighted by molar-refractivity contribution is 6.05. The van der Waals surface area contributed by atoms with Crippen LogP contribution in [0, 0.1) is 11.6 Å². The molecule has 0 bridgehead atoms. The average molecular weight is 426 g/mol. The first-order valence-corrected chi connectivity index (χ1v) is 10.3. The van der Waals surface area contributed by atoms with Crippen LogP contribution in [0.4, 0.5) is 14.5 Å². The second-order valence-corrected chi connectivity index (χ2v) is 7.39. The average Bonchev–Trinajstić information content (AvgIpc) is 3.21. The molecule has 1 aliphatic rings. The number of aromatic nitrogens is 2. The Labute approximate surface area is 179 Å². The highest BCUT2D eigenvalue weighted by Crippen LogP contribution is 2.31. The number of anilines is 1. The molecule has 2 N–H and O–H groups in total. The highest BCUT2D eigenvalue weighted by atomic mass is 19.1. The van der Waals surface area contributed by atoms with Gasteiger partial charge in [0.1, 0.15) is 17.3 Å². The number of nitrogens with zero attached hydrogens (tertiary/aromatic N) is 2. The van der Waals surface area contributed by atoms with Gasteiger partial charge in [0.15, 0.2) is 5.82 Å². The van der Waals surface area contributed by atoms with E-state index in [-0.39, 0.29) is 17.5 Å². The van der Waals surface area contributed by atoms with Crippen LogP contribution in [0.5, 0.6) is 5.75 Å². The molecule has 0 aliphatic carbocycles. The Morgan fingerprint density at radius 2 is 1.94 bits per heavy atom. The van der Waals surface area contributed by atoms with Crippen LogP contribution < -0.4 is 15.4 Å². The van der Waals surface area contributed by atoms with E-state index in [2.05, 4.69) is 15.7 Å². The maximum Gasteiger partial charge on any atom is 0.259 e. The number of carbonyl (C=O) groups excluding carboxylic acids is 1. The zero-order valence-corrected chi connectivity index (χ0v) is 17.2. The monoisotopic (exact) mass is 426 g/mol. The first-order chi connectivity index (χ1) is 15.1. The Morgan fingerprint density at radius 3 is 2.61 bits per heavy atom. The van der Waals surface area contributed by atoms with Gasteiger partial charge in [-0.25, -0.2) is 13.5 Å². The van der Waals surface area contributed by atoms with E-state index in [0.29, 0.717) is 23.6 Å². The van der Waals surface area contributed by atoms with Crippen molar-refractivity contribution in [3.05, 3.63) is 71.6 Å². The number of rotatable bonds is 6. The number of piperidine rings is 1. The molecule has 1 saturated heterocycles. The summed E-state index contributed by atoms with van der Waals surface area (Å²) in [4.78, 5) is 13.1. The number of ether oxygens (including phenoxy) is 1. The van der Waals surface area contributed by atoms with Crippen molar-refractivity contribution in [3.8, 4) is 11.4 Å². The molecule has 8 heteroatoms. The SMILES string of the molecule is CCOc1ccc(NC(=O)c2cnn(-c3ccc(F)cc3F)c2C2CCNCC2)cc1. The topological polar surface area (TPSA) is 68.2 Å². The number of nitrogens with one attached hydrogen (secondary N) is 2. The van der Waals surface area contributed by atoms with Crippen LogP contribution in [0.25, 0.3) is 5.69 Å². The number of hydrogen-bond donors (Lipinski definition) is 2. The molecule has 1 fully saturated rings. The minimum Gasteiger partial charge on any atom is -0.494 e. The van der Waals surface area contributed by atoms with Crippen molar-refractivity contribution < 1.29 is 18.3 Å². The predicted molar refractivity (Wildman–Crippen MR) is 114 cm³/mol. The van der Waals surface area contributed by atoms with Crippen LogP contribution >= 0.6 is 0 Å². The van der Waals surface area contributed by atoms with Crippen molar-refractivity contribution in [2.24, 2.45) is 0 Å². The van der Waals surface area contributed by atoms with E-state index in [1.807, 2.05) is 6.92 Å². The molecule has 0 radical (unpaired) electrons. The molecule has 31 heavy (non-hydrogen) atoms. The normalized spacial score (nSPS) is 14.4. The summed E-state index contributed by atoms with van der Waals surface area (Å²) in [6, 6.07) is 10.4.